The molecule has 0 bridgehead atoms. The van der Waals surface area contributed by atoms with Gasteiger partial charge in [-0.05, 0) is 44.0 Å². The van der Waals surface area contributed by atoms with Crippen molar-refractivity contribution in [2.75, 3.05) is 24.8 Å². The van der Waals surface area contributed by atoms with E-state index in [0.29, 0.717) is 35.7 Å². The van der Waals surface area contributed by atoms with Gasteiger partial charge >= 0.3 is 0 Å². The van der Waals surface area contributed by atoms with Crippen LogP contribution in [0.5, 0.6) is 11.5 Å². The van der Waals surface area contributed by atoms with E-state index in [0.717, 1.165) is 0 Å². The molecule has 0 aliphatic carbocycles. The third-order valence-corrected chi connectivity index (χ3v) is 7.15. The zero-order chi connectivity index (χ0) is 20.8. The van der Waals surface area contributed by atoms with Gasteiger partial charge in [0.25, 0.3) is 11.5 Å². The highest BCUT2D eigenvalue weighted by Gasteiger charge is 2.35. The SMILES string of the molecule is CCN(C(=O)c1c(C)ccn(-c2ccc3c(c2)OCO3)c1=O)C1CCS(=O)(=O)C1. The van der Waals surface area contributed by atoms with Crippen molar-refractivity contribution in [3.63, 3.8) is 0 Å². The fourth-order valence-corrected chi connectivity index (χ4v) is 5.59. The Bertz CT molecular complexity index is 1140. The molecular weight excluding hydrogens is 396 g/mol. The van der Waals surface area contributed by atoms with Gasteiger partial charge in [-0.3, -0.25) is 14.2 Å². The first-order valence-electron chi connectivity index (χ1n) is 9.44. The van der Waals surface area contributed by atoms with Crippen LogP contribution >= 0.6 is 0 Å². The number of hydrogen-bond acceptors (Lipinski definition) is 6. The van der Waals surface area contributed by atoms with Crippen LogP contribution in [0, 0.1) is 6.92 Å². The molecule has 0 N–H and O–H groups in total. The van der Waals surface area contributed by atoms with Crippen LogP contribution in [0.25, 0.3) is 5.69 Å². The highest BCUT2D eigenvalue weighted by Crippen LogP contribution is 2.33. The lowest BCUT2D eigenvalue weighted by atomic mass is 10.1. The topological polar surface area (TPSA) is 94.9 Å². The summed E-state index contributed by atoms with van der Waals surface area (Å²) in [7, 11) is -3.15. The van der Waals surface area contributed by atoms with Gasteiger partial charge in [-0.25, -0.2) is 8.42 Å². The van der Waals surface area contributed by atoms with Crippen LogP contribution in [0.1, 0.15) is 29.3 Å². The fourth-order valence-electron chi connectivity index (χ4n) is 3.86. The summed E-state index contributed by atoms with van der Waals surface area (Å²) >= 11 is 0. The van der Waals surface area contributed by atoms with Crippen LogP contribution in [0.3, 0.4) is 0 Å². The second-order valence-corrected chi connectivity index (χ2v) is 9.46. The van der Waals surface area contributed by atoms with E-state index < -0.39 is 27.3 Å². The lowest BCUT2D eigenvalue weighted by molar-refractivity contribution is 0.0705. The van der Waals surface area contributed by atoms with E-state index in [4.69, 9.17) is 9.47 Å². The normalized spacial score (nSPS) is 19.3. The summed E-state index contributed by atoms with van der Waals surface area (Å²) in [6.07, 6.45) is 2.01. The maximum absolute atomic E-state index is 13.3. The summed E-state index contributed by atoms with van der Waals surface area (Å²) in [4.78, 5) is 28.0. The predicted molar refractivity (Wildman–Crippen MR) is 107 cm³/mol. The van der Waals surface area contributed by atoms with Crippen molar-refractivity contribution in [2.24, 2.45) is 0 Å². The minimum Gasteiger partial charge on any atom is -0.454 e. The quantitative estimate of drug-likeness (QED) is 0.747. The van der Waals surface area contributed by atoms with Gasteiger partial charge in [0, 0.05) is 24.8 Å². The van der Waals surface area contributed by atoms with Gasteiger partial charge in [0.15, 0.2) is 21.3 Å². The second-order valence-electron chi connectivity index (χ2n) is 7.23. The monoisotopic (exact) mass is 418 g/mol. The molecular formula is C20H22N2O6S. The van der Waals surface area contributed by atoms with Crippen LogP contribution < -0.4 is 15.0 Å². The smallest absolute Gasteiger partial charge is 0.268 e. The van der Waals surface area contributed by atoms with Crippen LogP contribution in [-0.4, -0.2) is 54.7 Å². The molecule has 1 saturated heterocycles. The number of aryl methyl sites for hydroxylation is 1. The molecule has 2 aliphatic rings. The number of aromatic nitrogens is 1. The van der Waals surface area contributed by atoms with Crippen LogP contribution in [0.15, 0.2) is 35.3 Å². The lowest BCUT2D eigenvalue weighted by Crippen LogP contribution is -2.44. The highest BCUT2D eigenvalue weighted by atomic mass is 32.2. The Labute approximate surface area is 168 Å². The number of rotatable bonds is 4. The maximum Gasteiger partial charge on any atom is 0.268 e. The van der Waals surface area contributed by atoms with Gasteiger partial charge in [0.2, 0.25) is 6.79 Å². The summed E-state index contributed by atoms with van der Waals surface area (Å²) in [5.74, 6) is 0.706. The van der Waals surface area contributed by atoms with E-state index in [9.17, 15) is 18.0 Å². The summed E-state index contributed by atoms with van der Waals surface area (Å²) in [5.41, 5.74) is 0.709. The van der Waals surface area contributed by atoms with Crippen molar-refractivity contribution < 1.29 is 22.7 Å². The number of ether oxygens (including phenoxy) is 2. The Morgan fingerprint density at radius 1 is 1.24 bits per heavy atom. The molecule has 0 saturated carbocycles. The van der Waals surface area contributed by atoms with Gasteiger partial charge < -0.3 is 14.4 Å². The summed E-state index contributed by atoms with van der Waals surface area (Å²) < 4.78 is 35.8. The molecule has 0 radical (unpaired) electrons. The average Bonchev–Trinajstić information content (AvgIpc) is 3.28. The molecule has 1 atom stereocenters. The van der Waals surface area contributed by atoms with E-state index >= 15 is 0 Å². The van der Waals surface area contributed by atoms with E-state index in [1.807, 2.05) is 0 Å². The Morgan fingerprint density at radius 2 is 2.00 bits per heavy atom. The minimum absolute atomic E-state index is 0.0521. The zero-order valence-corrected chi connectivity index (χ0v) is 17.1. The molecule has 1 aromatic heterocycles. The number of fused-ring (bicyclic) bond motifs is 1. The van der Waals surface area contributed by atoms with E-state index in [1.165, 1.54) is 9.47 Å². The van der Waals surface area contributed by atoms with Crippen molar-refractivity contribution in [2.45, 2.75) is 26.3 Å². The van der Waals surface area contributed by atoms with Crippen molar-refractivity contribution in [1.82, 2.24) is 9.47 Å². The minimum atomic E-state index is -3.15. The molecule has 2 aromatic rings. The number of nitrogens with zero attached hydrogens (tertiary/aromatic N) is 2. The van der Waals surface area contributed by atoms with Crippen LogP contribution in [-0.2, 0) is 9.84 Å². The Morgan fingerprint density at radius 3 is 2.69 bits per heavy atom. The predicted octanol–water partition coefficient (Wildman–Crippen LogP) is 1.52. The number of carbonyl (C=O) groups is 1. The number of amides is 1. The molecule has 1 amide bonds. The van der Waals surface area contributed by atoms with Gasteiger partial charge in [-0.15, -0.1) is 0 Å². The molecule has 1 unspecified atom stereocenters. The zero-order valence-electron chi connectivity index (χ0n) is 16.3. The van der Waals surface area contributed by atoms with Gasteiger partial charge in [0.05, 0.1) is 17.2 Å². The Balaban J connectivity index is 1.73. The lowest BCUT2D eigenvalue weighted by Gasteiger charge is -2.27. The third-order valence-electron chi connectivity index (χ3n) is 5.40. The van der Waals surface area contributed by atoms with E-state index in [-0.39, 0.29) is 23.9 Å². The molecule has 0 spiro atoms. The highest BCUT2D eigenvalue weighted by molar-refractivity contribution is 7.91. The number of benzene rings is 1. The van der Waals surface area contributed by atoms with Gasteiger partial charge in [0.1, 0.15) is 5.56 Å². The van der Waals surface area contributed by atoms with Crippen molar-refractivity contribution >= 4 is 15.7 Å². The molecule has 3 heterocycles. The number of sulfone groups is 1. The molecule has 1 aromatic carbocycles. The van der Waals surface area contributed by atoms with E-state index in [2.05, 4.69) is 0 Å². The average molecular weight is 418 g/mol. The van der Waals surface area contributed by atoms with Crippen molar-refractivity contribution in [3.05, 3.63) is 51.9 Å². The molecule has 4 rings (SSSR count). The first-order valence-corrected chi connectivity index (χ1v) is 11.3. The molecule has 2 aliphatic heterocycles. The Hall–Kier alpha value is -2.81. The van der Waals surface area contributed by atoms with Crippen molar-refractivity contribution in [1.29, 1.82) is 0 Å². The first-order chi connectivity index (χ1) is 13.8. The van der Waals surface area contributed by atoms with E-state index in [1.54, 1.807) is 44.3 Å². The fraction of sp³-hybridized carbons (Fsp3) is 0.400. The Kier molecular flexibility index (Phi) is 4.85. The summed E-state index contributed by atoms with van der Waals surface area (Å²) in [6, 6.07) is 6.43. The molecule has 29 heavy (non-hydrogen) atoms. The standard InChI is InChI=1S/C20H22N2O6S/c1-3-21(15-7-9-29(25,26)11-15)19(23)18-13(2)6-8-22(20(18)24)14-4-5-16-17(10-14)28-12-27-16/h4-6,8,10,15H,3,7,9,11-12H2,1-2H3. The molecule has 9 heteroatoms. The van der Waals surface area contributed by atoms with Crippen molar-refractivity contribution in [3.8, 4) is 17.2 Å². The van der Waals surface area contributed by atoms with Gasteiger partial charge in [-0.2, -0.15) is 0 Å². The molecule has 1 fully saturated rings. The molecule has 8 nitrogen and oxygen atoms in total. The first kappa shape index (κ1) is 19.5. The third kappa shape index (κ3) is 3.50. The maximum atomic E-state index is 13.3. The number of hydrogen-bond donors (Lipinski definition) is 0. The molecule has 154 valence electrons. The summed E-state index contributed by atoms with van der Waals surface area (Å²) in [6.45, 7) is 3.95. The number of pyridine rings is 1. The summed E-state index contributed by atoms with van der Waals surface area (Å²) in [5, 5.41) is 0. The second kappa shape index (κ2) is 7.22. The largest absolute Gasteiger partial charge is 0.454 e. The van der Waals surface area contributed by atoms with Crippen LogP contribution in [0.2, 0.25) is 0 Å². The number of carbonyl (C=O) groups excluding carboxylic acids is 1. The van der Waals surface area contributed by atoms with Gasteiger partial charge in [-0.1, -0.05) is 0 Å². The van der Waals surface area contributed by atoms with Crippen LogP contribution in [0.4, 0.5) is 0 Å².